The predicted molar refractivity (Wildman–Crippen MR) is 118 cm³/mol. The fourth-order valence-electron chi connectivity index (χ4n) is 4.17. The number of hydrogen-bond donors (Lipinski definition) is 2. The number of urea groups is 1. The minimum atomic E-state index is -0.206. The smallest absolute Gasteiger partial charge is 0.319 e. The zero-order chi connectivity index (χ0) is 20.1. The molecule has 0 aromatic heterocycles. The highest BCUT2D eigenvalue weighted by molar-refractivity contribution is 5.89. The van der Waals surface area contributed by atoms with Crippen molar-refractivity contribution in [3.63, 3.8) is 0 Å². The van der Waals surface area contributed by atoms with E-state index in [2.05, 4.69) is 46.7 Å². The van der Waals surface area contributed by atoms with Crippen LogP contribution in [0.4, 0.5) is 16.2 Å². The number of hydrogen-bond acceptors (Lipinski definition) is 3. The molecule has 0 bridgehead atoms. The molecule has 4 rings (SSSR count). The Morgan fingerprint density at radius 1 is 1.07 bits per heavy atom. The average molecular weight is 394 g/mol. The molecule has 0 unspecified atom stereocenters. The molecule has 0 radical (unpaired) electrons. The van der Waals surface area contributed by atoms with Gasteiger partial charge in [-0.3, -0.25) is 0 Å². The highest BCUT2D eigenvalue weighted by Gasteiger charge is 2.16. The Morgan fingerprint density at radius 3 is 2.62 bits per heavy atom. The normalized spacial score (nSPS) is 16.4. The molecule has 2 aromatic rings. The maximum absolute atomic E-state index is 12.1. The number of piperidine rings is 1. The summed E-state index contributed by atoms with van der Waals surface area (Å²) < 4.78 is 5.77. The number of aryl methyl sites for hydroxylation is 2. The Bertz CT molecular complexity index is 827. The fraction of sp³-hybridized carbons (Fsp3) is 0.458. The molecule has 154 valence electrons. The van der Waals surface area contributed by atoms with Gasteiger partial charge in [0.2, 0.25) is 0 Å². The summed E-state index contributed by atoms with van der Waals surface area (Å²) in [7, 11) is 0. The zero-order valence-electron chi connectivity index (χ0n) is 17.2. The van der Waals surface area contributed by atoms with Gasteiger partial charge in [-0.2, -0.15) is 0 Å². The van der Waals surface area contributed by atoms with Crippen LogP contribution in [0.3, 0.4) is 0 Å². The summed E-state index contributed by atoms with van der Waals surface area (Å²) in [5.41, 5.74) is 4.87. The molecule has 1 saturated heterocycles. The second-order valence-corrected chi connectivity index (χ2v) is 8.23. The molecule has 2 N–H and O–H groups in total. The summed E-state index contributed by atoms with van der Waals surface area (Å²) in [6.45, 7) is 5.46. The van der Waals surface area contributed by atoms with E-state index in [1.165, 1.54) is 42.5 Å². The van der Waals surface area contributed by atoms with E-state index in [4.69, 9.17) is 4.74 Å². The quantitative estimate of drug-likeness (QED) is 0.705. The van der Waals surface area contributed by atoms with Crippen molar-refractivity contribution in [2.45, 2.75) is 39.0 Å². The van der Waals surface area contributed by atoms with Crippen molar-refractivity contribution in [3.8, 4) is 5.75 Å². The number of nitrogens with zero attached hydrogens (tertiary/aromatic N) is 1. The van der Waals surface area contributed by atoms with Crippen LogP contribution in [0.1, 0.15) is 37.3 Å². The van der Waals surface area contributed by atoms with Gasteiger partial charge in [0, 0.05) is 24.5 Å². The molecule has 0 saturated carbocycles. The first-order valence-corrected chi connectivity index (χ1v) is 10.8. The lowest BCUT2D eigenvalue weighted by molar-refractivity contribution is 0.247. The maximum atomic E-state index is 12.1. The van der Waals surface area contributed by atoms with Gasteiger partial charge < -0.3 is 20.3 Å². The van der Waals surface area contributed by atoms with E-state index in [1.54, 1.807) is 0 Å². The SMILES string of the molecule is CC1CCN(c2ccc(NC(=O)NCCOc3ccc4c(c3)CCC4)cc2)CC1. The molecular weight excluding hydrogens is 362 g/mol. The Kier molecular flexibility index (Phi) is 6.23. The number of anilines is 2. The molecule has 0 spiro atoms. The fourth-order valence-corrected chi connectivity index (χ4v) is 4.17. The van der Waals surface area contributed by atoms with Crippen LogP contribution in [-0.4, -0.2) is 32.3 Å². The Hall–Kier alpha value is -2.69. The summed E-state index contributed by atoms with van der Waals surface area (Å²) in [5.74, 6) is 1.71. The van der Waals surface area contributed by atoms with Crippen LogP contribution in [0, 0.1) is 5.92 Å². The number of carbonyl (C=O) groups is 1. The van der Waals surface area contributed by atoms with E-state index in [1.807, 2.05) is 18.2 Å². The van der Waals surface area contributed by atoms with E-state index in [9.17, 15) is 4.79 Å². The Morgan fingerprint density at radius 2 is 1.83 bits per heavy atom. The lowest BCUT2D eigenvalue weighted by Gasteiger charge is -2.32. The number of amides is 2. The van der Waals surface area contributed by atoms with Crippen molar-refractivity contribution in [1.82, 2.24) is 5.32 Å². The minimum absolute atomic E-state index is 0.206. The second kappa shape index (κ2) is 9.21. The summed E-state index contributed by atoms with van der Waals surface area (Å²) in [5, 5.41) is 5.74. The van der Waals surface area contributed by atoms with Crippen LogP contribution in [0.15, 0.2) is 42.5 Å². The van der Waals surface area contributed by atoms with Gasteiger partial charge in [0.25, 0.3) is 0 Å². The van der Waals surface area contributed by atoms with E-state index in [-0.39, 0.29) is 6.03 Å². The highest BCUT2D eigenvalue weighted by atomic mass is 16.5. The summed E-state index contributed by atoms with van der Waals surface area (Å²) in [6, 6.07) is 14.2. The standard InChI is InChI=1S/C24H31N3O2/c1-18-11-14-27(15-12-18)22-8-6-21(7-9-22)26-24(28)25-13-16-29-23-10-5-19-3-2-4-20(19)17-23/h5-10,17-18H,2-4,11-16H2,1H3,(H2,25,26,28). The molecule has 1 heterocycles. The summed E-state index contributed by atoms with van der Waals surface area (Å²) in [4.78, 5) is 14.5. The van der Waals surface area contributed by atoms with Crippen molar-refractivity contribution >= 4 is 17.4 Å². The Labute approximate surface area is 173 Å². The van der Waals surface area contributed by atoms with Crippen molar-refractivity contribution in [1.29, 1.82) is 0 Å². The highest BCUT2D eigenvalue weighted by Crippen LogP contribution is 2.26. The average Bonchev–Trinajstić information content (AvgIpc) is 3.20. The molecule has 1 aliphatic carbocycles. The van der Waals surface area contributed by atoms with Gasteiger partial charge in [0.15, 0.2) is 0 Å². The predicted octanol–water partition coefficient (Wildman–Crippen LogP) is 4.61. The summed E-state index contributed by atoms with van der Waals surface area (Å²) >= 11 is 0. The van der Waals surface area contributed by atoms with Crippen LogP contribution in [-0.2, 0) is 12.8 Å². The lowest BCUT2D eigenvalue weighted by atomic mass is 9.99. The Balaban J connectivity index is 1.18. The number of rotatable bonds is 6. The largest absolute Gasteiger partial charge is 0.492 e. The monoisotopic (exact) mass is 393 g/mol. The van der Waals surface area contributed by atoms with E-state index < -0.39 is 0 Å². The maximum Gasteiger partial charge on any atom is 0.319 e. The number of carbonyl (C=O) groups excluding carboxylic acids is 1. The molecule has 0 atom stereocenters. The molecular formula is C24H31N3O2. The van der Waals surface area contributed by atoms with Gasteiger partial charge in [-0.25, -0.2) is 4.79 Å². The van der Waals surface area contributed by atoms with Crippen LogP contribution in [0.25, 0.3) is 0 Å². The van der Waals surface area contributed by atoms with Crippen LogP contribution >= 0.6 is 0 Å². The van der Waals surface area contributed by atoms with E-state index in [0.29, 0.717) is 13.2 Å². The third-order valence-corrected chi connectivity index (χ3v) is 6.00. The summed E-state index contributed by atoms with van der Waals surface area (Å²) in [6.07, 6.45) is 6.04. The van der Waals surface area contributed by atoms with Crippen molar-refractivity contribution in [3.05, 3.63) is 53.6 Å². The molecule has 29 heavy (non-hydrogen) atoms. The van der Waals surface area contributed by atoms with Gasteiger partial charge in [-0.1, -0.05) is 13.0 Å². The zero-order valence-corrected chi connectivity index (χ0v) is 17.2. The van der Waals surface area contributed by atoms with Gasteiger partial charge in [-0.15, -0.1) is 0 Å². The molecule has 2 amide bonds. The number of nitrogens with one attached hydrogen (secondary N) is 2. The molecule has 1 fully saturated rings. The van der Waals surface area contributed by atoms with Crippen molar-refractivity contribution in [2.24, 2.45) is 5.92 Å². The number of fused-ring (bicyclic) bond motifs is 1. The first kappa shape index (κ1) is 19.6. The molecule has 1 aliphatic heterocycles. The van der Waals surface area contributed by atoms with Gasteiger partial charge in [0.1, 0.15) is 12.4 Å². The molecule has 2 aromatic carbocycles. The van der Waals surface area contributed by atoms with Crippen LogP contribution in [0.5, 0.6) is 5.75 Å². The van der Waals surface area contributed by atoms with Gasteiger partial charge in [-0.05, 0) is 85.5 Å². The van der Waals surface area contributed by atoms with Gasteiger partial charge in [0.05, 0.1) is 6.54 Å². The first-order valence-electron chi connectivity index (χ1n) is 10.8. The van der Waals surface area contributed by atoms with Gasteiger partial charge >= 0.3 is 6.03 Å². The molecule has 5 heteroatoms. The van der Waals surface area contributed by atoms with Crippen molar-refractivity contribution in [2.75, 3.05) is 36.5 Å². The first-order chi connectivity index (χ1) is 14.2. The van der Waals surface area contributed by atoms with E-state index >= 15 is 0 Å². The molecule has 2 aliphatic rings. The minimum Gasteiger partial charge on any atom is -0.492 e. The van der Waals surface area contributed by atoms with E-state index in [0.717, 1.165) is 36.9 Å². The third kappa shape index (κ3) is 5.22. The third-order valence-electron chi connectivity index (χ3n) is 6.00. The number of benzene rings is 2. The lowest BCUT2D eigenvalue weighted by Crippen LogP contribution is -2.33. The number of ether oxygens (including phenoxy) is 1. The molecule has 5 nitrogen and oxygen atoms in total. The second-order valence-electron chi connectivity index (χ2n) is 8.23. The van der Waals surface area contributed by atoms with Crippen LogP contribution in [0.2, 0.25) is 0 Å². The van der Waals surface area contributed by atoms with Crippen LogP contribution < -0.4 is 20.3 Å². The van der Waals surface area contributed by atoms with Crippen molar-refractivity contribution < 1.29 is 9.53 Å². The topological polar surface area (TPSA) is 53.6 Å².